The van der Waals surface area contributed by atoms with Gasteiger partial charge < -0.3 is 14.0 Å². The highest BCUT2D eigenvalue weighted by molar-refractivity contribution is 7.89. The number of fused-ring (bicyclic) bond motifs is 1. The molecule has 4 rings (SSSR count). The summed E-state index contributed by atoms with van der Waals surface area (Å²) in [4.78, 5) is -0.0132. The quantitative estimate of drug-likeness (QED) is 0.639. The van der Waals surface area contributed by atoms with Gasteiger partial charge in [-0.05, 0) is 30.3 Å². The minimum atomic E-state index is -4.02. The van der Waals surface area contributed by atoms with Crippen molar-refractivity contribution in [2.45, 2.75) is 17.5 Å². The number of halogens is 1. The van der Waals surface area contributed by atoms with E-state index in [2.05, 4.69) is 0 Å². The first-order valence-corrected chi connectivity index (χ1v) is 10.5. The third-order valence-electron chi connectivity index (χ3n) is 5.15. The smallest absolute Gasteiger partial charge is 0.247 e. The standard InChI is InChI=1S/C21H21FN2O4S/c1-27-15-9-10-19(28-2)20(14-15)29(25,26)24-13-12-23-11-5-8-18(23)21(24)16-6-3-4-7-17(16)22/h3-11,14,21H,12-13H2,1-2H3/t21-/m0/s1. The summed E-state index contributed by atoms with van der Waals surface area (Å²) in [5.74, 6) is 0.149. The van der Waals surface area contributed by atoms with Crippen molar-refractivity contribution in [2.75, 3.05) is 20.8 Å². The highest BCUT2D eigenvalue weighted by atomic mass is 32.2. The van der Waals surface area contributed by atoms with Crippen molar-refractivity contribution < 1.29 is 22.3 Å². The Hall–Kier alpha value is -2.84. The lowest BCUT2D eigenvalue weighted by molar-refractivity contribution is 0.291. The van der Waals surface area contributed by atoms with Gasteiger partial charge in [0.05, 0.1) is 20.3 Å². The Bertz CT molecular complexity index is 1140. The van der Waals surface area contributed by atoms with Crippen LogP contribution in [0.2, 0.25) is 0 Å². The number of benzene rings is 2. The molecule has 0 amide bonds. The van der Waals surface area contributed by atoms with Gasteiger partial charge in [0.15, 0.2) is 0 Å². The van der Waals surface area contributed by atoms with Crippen LogP contribution < -0.4 is 9.47 Å². The Morgan fingerprint density at radius 2 is 1.79 bits per heavy atom. The van der Waals surface area contributed by atoms with Gasteiger partial charge in [0.1, 0.15) is 22.2 Å². The largest absolute Gasteiger partial charge is 0.497 e. The maximum Gasteiger partial charge on any atom is 0.247 e. The second kappa shape index (κ2) is 7.53. The Labute approximate surface area is 169 Å². The number of methoxy groups -OCH3 is 2. The number of ether oxygens (including phenoxy) is 2. The summed E-state index contributed by atoms with van der Waals surface area (Å²) in [5, 5.41) is 0. The van der Waals surface area contributed by atoms with E-state index in [-0.39, 0.29) is 17.2 Å². The molecule has 2 aromatic carbocycles. The van der Waals surface area contributed by atoms with E-state index in [1.165, 1.54) is 30.7 Å². The minimum absolute atomic E-state index is 0.0132. The van der Waals surface area contributed by atoms with Crippen LogP contribution in [0.15, 0.2) is 65.7 Å². The molecule has 1 aliphatic rings. The molecule has 0 bridgehead atoms. The summed E-state index contributed by atoms with van der Waals surface area (Å²) in [5.41, 5.74) is 1.02. The first-order valence-electron chi connectivity index (χ1n) is 9.10. The van der Waals surface area contributed by atoms with Gasteiger partial charge in [-0.2, -0.15) is 4.31 Å². The normalized spacial score (nSPS) is 17.0. The molecule has 0 saturated carbocycles. The van der Waals surface area contributed by atoms with Crippen molar-refractivity contribution in [3.63, 3.8) is 0 Å². The second-order valence-electron chi connectivity index (χ2n) is 6.68. The Morgan fingerprint density at radius 3 is 2.52 bits per heavy atom. The topological polar surface area (TPSA) is 60.8 Å². The van der Waals surface area contributed by atoms with Gasteiger partial charge in [0.25, 0.3) is 0 Å². The third kappa shape index (κ3) is 3.28. The molecule has 1 atom stereocenters. The second-order valence-corrected chi connectivity index (χ2v) is 8.54. The summed E-state index contributed by atoms with van der Waals surface area (Å²) in [7, 11) is -1.14. The lowest BCUT2D eigenvalue weighted by atomic mass is 10.0. The van der Waals surface area contributed by atoms with Gasteiger partial charge in [-0.15, -0.1) is 0 Å². The van der Waals surface area contributed by atoms with Gasteiger partial charge in [0, 0.05) is 36.6 Å². The molecule has 1 aromatic heterocycles. The fraction of sp³-hybridized carbons (Fsp3) is 0.238. The third-order valence-corrected chi connectivity index (χ3v) is 7.04. The molecule has 1 aliphatic heterocycles. The molecule has 0 fully saturated rings. The zero-order chi connectivity index (χ0) is 20.6. The molecule has 3 aromatic rings. The van der Waals surface area contributed by atoms with Crippen LogP contribution in [0.5, 0.6) is 11.5 Å². The highest BCUT2D eigenvalue weighted by Gasteiger charge is 2.40. The summed E-state index contributed by atoms with van der Waals surface area (Å²) >= 11 is 0. The van der Waals surface area contributed by atoms with Crippen LogP contribution in [0.25, 0.3) is 0 Å². The van der Waals surface area contributed by atoms with Crippen molar-refractivity contribution >= 4 is 10.0 Å². The van der Waals surface area contributed by atoms with Crippen molar-refractivity contribution in [3.8, 4) is 11.5 Å². The first-order chi connectivity index (χ1) is 14.0. The molecule has 0 spiro atoms. The fourth-order valence-electron chi connectivity index (χ4n) is 3.74. The van der Waals surface area contributed by atoms with E-state index in [9.17, 15) is 12.8 Å². The van der Waals surface area contributed by atoms with Crippen molar-refractivity contribution in [3.05, 3.63) is 77.9 Å². The van der Waals surface area contributed by atoms with Gasteiger partial charge >= 0.3 is 0 Å². The SMILES string of the molecule is COc1ccc(OC)c(S(=O)(=O)N2CCn3cccc3[C@@H]2c2ccccc2F)c1. The molecule has 0 unspecified atom stereocenters. The van der Waals surface area contributed by atoms with Crippen LogP contribution in [-0.4, -0.2) is 38.1 Å². The molecular formula is C21H21FN2O4S. The average Bonchev–Trinajstić information content (AvgIpc) is 3.22. The molecule has 8 heteroatoms. The van der Waals surface area contributed by atoms with Gasteiger partial charge in [0.2, 0.25) is 10.0 Å². The molecule has 0 radical (unpaired) electrons. The molecular weight excluding hydrogens is 395 g/mol. The van der Waals surface area contributed by atoms with Crippen LogP contribution in [0.1, 0.15) is 17.3 Å². The number of nitrogens with zero attached hydrogens (tertiary/aromatic N) is 2. The van der Waals surface area contributed by atoms with Crippen LogP contribution in [0.3, 0.4) is 0 Å². The molecule has 0 N–H and O–H groups in total. The van der Waals surface area contributed by atoms with E-state index in [1.54, 1.807) is 30.3 Å². The zero-order valence-electron chi connectivity index (χ0n) is 16.1. The summed E-state index contributed by atoms with van der Waals surface area (Å²) < 4.78 is 56.0. The van der Waals surface area contributed by atoms with E-state index in [4.69, 9.17) is 9.47 Å². The van der Waals surface area contributed by atoms with Gasteiger partial charge in [-0.1, -0.05) is 18.2 Å². The summed E-state index contributed by atoms with van der Waals surface area (Å²) in [6, 6.07) is 13.7. The monoisotopic (exact) mass is 416 g/mol. The van der Waals surface area contributed by atoms with E-state index >= 15 is 0 Å². The molecule has 152 valence electrons. The molecule has 6 nitrogen and oxygen atoms in total. The maximum atomic E-state index is 14.7. The average molecular weight is 416 g/mol. The maximum absolute atomic E-state index is 14.7. The Balaban J connectivity index is 1.90. The number of rotatable bonds is 5. The van der Waals surface area contributed by atoms with E-state index in [0.29, 0.717) is 23.6 Å². The van der Waals surface area contributed by atoms with Crippen LogP contribution >= 0.6 is 0 Å². The minimum Gasteiger partial charge on any atom is -0.497 e. The number of sulfonamides is 1. The summed E-state index contributed by atoms with van der Waals surface area (Å²) in [6.45, 7) is 0.669. The Morgan fingerprint density at radius 1 is 1.00 bits per heavy atom. The highest BCUT2D eigenvalue weighted by Crippen LogP contribution is 2.40. The molecule has 2 heterocycles. The van der Waals surface area contributed by atoms with Crippen molar-refractivity contribution in [1.29, 1.82) is 0 Å². The van der Waals surface area contributed by atoms with Crippen molar-refractivity contribution in [1.82, 2.24) is 8.87 Å². The fourth-order valence-corrected chi connectivity index (χ4v) is 5.49. The van der Waals surface area contributed by atoms with Crippen molar-refractivity contribution in [2.24, 2.45) is 0 Å². The van der Waals surface area contributed by atoms with E-state index in [0.717, 1.165) is 0 Å². The summed E-state index contributed by atoms with van der Waals surface area (Å²) in [6.07, 6.45) is 1.87. The lowest BCUT2D eigenvalue weighted by Gasteiger charge is -2.36. The molecule has 0 aliphatic carbocycles. The lowest BCUT2D eigenvalue weighted by Crippen LogP contribution is -2.42. The van der Waals surface area contributed by atoms with E-state index in [1.807, 2.05) is 22.9 Å². The van der Waals surface area contributed by atoms with Gasteiger partial charge in [-0.25, -0.2) is 12.8 Å². The van der Waals surface area contributed by atoms with E-state index < -0.39 is 21.9 Å². The molecule has 0 saturated heterocycles. The zero-order valence-corrected chi connectivity index (χ0v) is 16.9. The first kappa shape index (κ1) is 19.5. The number of hydrogen-bond acceptors (Lipinski definition) is 4. The van der Waals surface area contributed by atoms with Crippen LogP contribution in [0.4, 0.5) is 4.39 Å². The molecule has 29 heavy (non-hydrogen) atoms. The van der Waals surface area contributed by atoms with Crippen LogP contribution in [-0.2, 0) is 16.6 Å². The number of aromatic nitrogens is 1. The predicted octanol–water partition coefficient (Wildman–Crippen LogP) is 3.44. The van der Waals surface area contributed by atoms with Crippen LogP contribution in [0, 0.1) is 5.82 Å². The van der Waals surface area contributed by atoms with Gasteiger partial charge in [-0.3, -0.25) is 0 Å². The Kier molecular flexibility index (Phi) is 5.06. The predicted molar refractivity (Wildman–Crippen MR) is 106 cm³/mol. The number of hydrogen-bond donors (Lipinski definition) is 0.